The minimum atomic E-state index is -0.305. The second kappa shape index (κ2) is 6.99. The van der Waals surface area contributed by atoms with Crippen molar-refractivity contribution in [1.29, 1.82) is 10.5 Å². The van der Waals surface area contributed by atoms with Gasteiger partial charge < -0.3 is 9.80 Å². The van der Waals surface area contributed by atoms with Gasteiger partial charge in [0.1, 0.15) is 11.5 Å². The van der Waals surface area contributed by atoms with Crippen LogP contribution >= 0.6 is 0 Å². The molecule has 0 atom stereocenters. The van der Waals surface area contributed by atoms with Crippen molar-refractivity contribution in [2.24, 2.45) is 14.1 Å². The molecule has 22 heavy (non-hydrogen) atoms. The molecule has 1 N–H and O–H groups in total. The molecule has 1 aromatic rings. The second-order valence-electron chi connectivity index (χ2n) is 4.58. The topological polar surface area (TPSA) is 110 Å². The first-order chi connectivity index (χ1) is 10.4. The van der Waals surface area contributed by atoms with Crippen molar-refractivity contribution in [3.63, 3.8) is 0 Å². The van der Waals surface area contributed by atoms with Gasteiger partial charge in [0.2, 0.25) is 0 Å². The quantitative estimate of drug-likeness (QED) is 0.425. The number of nitrogens with one attached hydrogen (secondary N) is 1. The van der Waals surface area contributed by atoms with Crippen molar-refractivity contribution in [2.45, 2.75) is 0 Å². The molecule has 1 aliphatic heterocycles. The maximum atomic E-state index is 12.1. The third-order valence-corrected chi connectivity index (χ3v) is 3.13. The lowest BCUT2D eigenvalue weighted by Gasteiger charge is -2.15. The van der Waals surface area contributed by atoms with Gasteiger partial charge in [-0.2, -0.15) is 10.5 Å². The van der Waals surface area contributed by atoms with Crippen LogP contribution in [0.5, 0.6) is 0 Å². The molecule has 1 aromatic heterocycles. The minimum absolute atomic E-state index is 0.255. The molecule has 2 rings (SSSR count). The van der Waals surface area contributed by atoms with Crippen molar-refractivity contribution < 1.29 is 0 Å². The van der Waals surface area contributed by atoms with Crippen molar-refractivity contribution in [1.82, 2.24) is 14.5 Å². The Morgan fingerprint density at radius 2 is 1.82 bits per heavy atom. The van der Waals surface area contributed by atoms with Crippen LogP contribution in [0.25, 0.3) is 0 Å². The summed E-state index contributed by atoms with van der Waals surface area (Å²) < 4.78 is 2.63. The molecule has 9 nitrogen and oxygen atoms in total. The molecule has 0 saturated carbocycles. The Hall–Kier alpha value is -3.20. The maximum absolute atomic E-state index is 12.1. The predicted molar refractivity (Wildman–Crippen MR) is 82.1 cm³/mol. The summed E-state index contributed by atoms with van der Waals surface area (Å²) in [6.45, 7) is 4.86. The van der Waals surface area contributed by atoms with Crippen molar-refractivity contribution in [3.8, 4) is 12.4 Å². The highest BCUT2D eigenvalue weighted by Gasteiger charge is 2.29. The molecular weight excluding hydrogens is 286 g/mol. The van der Waals surface area contributed by atoms with Crippen LogP contribution in [0.15, 0.2) is 22.2 Å². The fraction of sp³-hybridized carbons (Fsp3) is 0.385. The molecule has 0 unspecified atom stereocenters. The molecule has 0 bridgehead atoms. The monoisotopic (exact) mass is 303 g/mol. The number of nitrogens with zero attached hydrogens (tertiary/aromatic N) is 6. The SMILES string of the molecule is C=CCN1CN(C)c2c1c(=O)n(C)c(=O)n2C.N#CNC#N. The third kappa shape index (κ3) is 2.94. The van der Waals surface area contributed by atoms with Gasteiger partial charge in [0.05, 0.1) is 6.67 Å². The first-order valence-electron chi connectivity index (χ1n) is 6.30. The molecule has 0 saturated heterocycles. The van der Waals surface area contributed by atoms with E-state index in [1.54, 1.807) is 18.4 Å². The third-order valence-electron chi connectivity index (χ3n) is 3.13. The lowest BCUT2D eigenvalue weighted by atomic mass is 10.4. The van der Waals surface area contributed by atoms with Crippen LogP contribution in [0.1, 0.15) is 0 Å². The molecule has 0 spiro atoms. The summed E-state index contributed by atoms with van der Waals surface area (Å²) in [6.07, 6.45) is 4.56. The molecule has 116 valence electrons. The van der Waals surface area contributed by atoms with E-state index in [4.69, 9.17) is 10.5 Å². The van der Waals surface area contributed by atoms with Crippen molar-refractivity contribution >= 4 is 11.5 Å². The Kier molecular flexibility index (Phi) is 5.36. The molecule has 0 radical (unpaired) electrons. The van der Waals surface area contributed by atoms with Gasteiger partial charge in [-0.3, -0.25) is 13.9 Å². The fourth-order valence-electron chi connectivity index (χ4n) is 2.25. The van der Waals surface area contributed by atoms with Gasteiger partial charge in [-0.05, 0) is 0 Å². The number of aromatic nitrogens is 2. The molecule has 9 heteroatoms. The number of fused-ring (bicyclic) bond motifs is 1. The van der Waals surface area contributed by atoms with Crippen LogP contribution in [-0.4, -0.2) is 29.4 Å². The summed E-state index contributed by atoms with van der Waals surface area (Å²) in [6, 6.07) is 0. The predicted octanol–water partition coefficient (Wildman–Crippen LogP) is -0.978. The van der Waals surface area contributed by atoms with Crippen LogP contribution < -0.4 is 26.4 Å². The maximum Gasteiger partial charge on any atom is 0.332 e. The largest absolute Gasteiger partial charge is 0.343 e. The first-order valence-corrected chi connectivity index (χ1v) is 6.30. The highest BCUT2D eigenvalue weighted by Crippen LogP contribution is 2.29. The zero-order valence-corrected chi connectivity index (χ0v) is 12.7. The summed E-state index contributed by atoms with van der Waals surface area (Å²) >= 11 is 0. The summed E-state index contributed by atoms with van der Waals surface area (Å²) in [5.41, 5.74) is 0.00681. The molecule has 0 fully saturated rings. The van der Waals surface area contributed by atoms with Gasteiger partial charge in [0.15, 0.2) is 12.4 Å². The van der Waals surface area contributed by atoms with Gasteiger partial charge in [0.25, 0.3) is 5.56 Å². The standard InChI is InChI=1S/C11H16N4O2.C2HN3/c1-5-6-15-7-12(2)9-8(15)10(16)14(4)11(17)13(9)3;3-1-5-2-4/h5H,1,6-7H2,2-4H3;5H. The van der Waals surface area contributed by atoms with E-state index >= 15 is 0 Å². The normalized spacial score (nSPS) is 11.7. The highest BCUT2D eigenvalue weighted by atomic mass is 16.2. The highest BCUT2D eigenvalue weighted by molar-refractivity contribution is 5.71. The van der Waals surface area contributed by atoms with E-state index in [1.165, 1.54) is 24.0 Å². The molecule has 1 aliphatic rings. The molecular formula is C13H17N7O2. The van der Waals surface area contributed by atoms with E-state index in [0.29, 0.717) is 24.7 Å². The lowest BCUT2D eigenvalue weighted by molar-refractivity contribution is 0.689. The van der Waals surface area contributed by atoms with E-state index in [9.17, 15) is 9.59 Å². The van der Waals surface area contributed by atoms with E-state index in [-0.39, 0.29) is 11.2 Å². The Morgan fingerprint density at radius 3 is 2.27 bits per heavy atom. The van der Waals surface area contributed by atoms with Gasteiger partial charge in [0, 0.05) is 27.7 Å². The van der Waals surface area contributed by atoms with Gasteiger partial charge in [-0.1, -0.05) is 6.08 Å². The first kappa shape index (κ1) is 16.9. The van der Waals surface area contributed by atoms with Crippen LogP contribution in [-0.2, 0) is 14.1 Å². The lowest BCUT2D eigenvalue weighted by Crippen LogP contribution is -2.39. The van der Waals surface area contributed by atoms with Crippen LogP contribution in [0.2, 0.25) is 0 Å². The van der Waals surface area contributed by atoms with Gasteiger partial charge in [-0.15, -0.1) is 6.58 Å². The van der Waals surface area contributed by atoms with Gasteiger partial charge >= 0.3 is 5.69 Å². The molecule has 0 aliphatic carbocycles. The Balaban J connectivity index is 0.000000422. The molecule has 0 aromatic carbocycles. The van der Waals surface area contributed by atoms with Crippen LogP contribution in [0, 0.1) is 22.9 Å². The summed E-state index contributed by atoms with van der Waals surface area (Å²) in [4.78, 5) is 27.7. The minimum Gasteiger partial charge on any atom is -0.343 e. The molecule has 2 heterocycles. The van der Waals surface area contributed by atoms with Crippen molar-refractivity contribution in [2.75, 3.05) is 30.1 Å². The second-order valence-corrected chi connectivity index (χ2v) is 4.58. The Bertz CT molecular complexity index is 751. The number of anilines is 2. The average molecular weight is 303 g/mol. The number of hydrogen-bond donors (Lipinski definition) is 1. The van der Waals surface area contributed by atoms with E-state index < -0.39 is 0 Å². The van der Waals surface area contributed by atoms with E-state index in [2.05, 4.69) is 6.58 Å². The van der Waals surface area contributed by atoms with Crippen molar-refractivity contribution in [3.05, 3.63) is 33.5 Å². The summed E-state index contributed by atoms with van der Waals surface area (Å²) in [7, 11) is 5.03. The zero-order valence-electron chi connectivity index (χ0n) is 12.7. The van der Waals surface area contributed by atoms with E-state index in [0.717, 1.165) is 4.57 Å². The Morgan fingerprint density at radius 1 is 1.23 bits per heavy atom. The van der Waals surface area contributed by atoms with Gasteiger partial charge in [-0.25, -0.2) is 10.1 Å². The summed E-state index contributed by atoms with van der Waals surface area (Å²) in [5, 5.41) is 16.7. The number of nitriles is 2. The Labute approximate surface area is 127 Å². The number of rotatable bonds is 2. The zero-order chi connectivity index (χ0) is 16.9. The smallest absolute Gasteiger partial charge is 0.332 e. The fourth-order valence-corrected chi connectivity index (χ4v) is 2.25. The van der Waals surface area contributed by atoms with E-state index in [1.807, 2.05) is 16.8 Å². The number of hydrogen-bond acceptors (Lipinski definition) is 7. The average Bonchev–Trinajstić information content (AvgIpc) is 2.81. The van der Waals surface area contributed by atoms with Crippen LogP contribution in [0.4, 0.5) is 11.5 Å². The molecule has 0 amide bonds. The summed E-state index contributed by atoms with van der Waals surface area (Å²) in [5.74, 6) is 0.667. The van der Waals surface area contributed by atoms with Crippen LogP contribution in [0.3, 0.4) is 0 Å².